The van der Waals surface area contributed by atoms with Crippen LogP contribution < -0.4 is 4.74 Å². The summed E-state index contributed by atoms with van der Waals surface area (Å²) >= 11 is 0. The highest BCUT2D eigenvalue weighted by molar-refractivity contribution is 6.90. The first-order chi connectivity index (χ1) is 15.6. The molecule has 0 amide bonds. The van der Waals surface area contributed by atoms with Gasteiger partial charge in [0.15, 0.2) is 16.6 Å². The van der Waals surface area contributed by atoms with Crippen molar-refractivity contribution in [3.8, 4) is 5.75 Å². The van der Waals surface area contributed by atoms with Crippen LogP contribution in [0.3, 0.4) is 0 Å². The van der Waals surface area contributed by atoms with Crippen molar-refractivity contribution in [2.75, 3.05) is 13.2 Å². The van der Waals surface area contributed by atoms with Crippen LogP contribution in [0.2, 0.25) is 45.8 Å². The van der Waals surface area contributed by atoms with Gasteiger partial charge in [0.1, 0.15) is 16.7 Å². The van der Waals surface area contributed by atoms with E-state index in [1.165, 1.54) is 6.08 Å². The van der Waals surface area contributed by atoms with Gasteiger partial charge in [0.05, 0.1) is 13.2 Å². The fourth-order valence-electron chi connectivity index (χ4n) is 3.25. The molecule has 0 heterocycles. The number of hydrogen-bond donors (Lipinski definition) is 0. The maximum atomic E-state index is 12.2. The molecule has 34 heavy (non-hydrogen) atoms. The van der Waals surface area contributed by atoms with Crippen molar-refractivity contribution in [2.45, 2.75) is 66.6 Å². The minimum absolute atomic E-state index is 0.154. The van der Waals surface area contributed by atoms with E-state index in [-0.39, 0.29) is 18.8 Å². The topological polar surface area (TPSA) is 80.3 Å². The van der Waals surface area contributed by atoms with Crippen molar-refractivity contribution >= 4 is 43.2 Å². The summed E-state index contributed by atoms with van der Waals surface area (Å²) in [7, 11) is -6.61. The van der Waals surface area contributed by atoms with E-state index in [2.05, 4.69) is 39.3 Å². The Kier molecular flexibility index (Phi) is 11.2. The third kappa shape index (κ3) is 10.1. The van der Waals surface area contributed by atoms with E-state index in [1.807, 2.05) is 19.5 Å². The van der Waals surface area contributed by atoms with Crippen LogP contribution in [0.15, 0.2) is 41.3 Å². The SMILES string of the molecule is CC=C(Oc1ccc(C=C(C(=O)OCC)C(=O)OCC)cc1)[Si](C)(O[Si](C)(C)C)O[Si](C)(C)C. The molecule has 0 bridgehead atoms. The summed E-state index contributed by atoms with van der Waals surface area (Å²) in [4.78, 5) is 24.4. The average molecular weight is 525 g/mol. The van der Waals surface area contributed by atoms with Crippen molar-refractivity contribution in [1.29, 1.82) is 0 Å². The molecule has 10 heteroatoms. The summed E-state index contributed by atoms with van der Waals surface area (Å²) in [6.07, 6.45) is 3.37. The van der Waals surface area contributed by atoms with Gasteiger partial charge in [-0.3, -0.25) is 0 Å². The summed E-state index contributed by atoms with van der Waals surface area (Å²) in [6, 6.07) is 7.08. The summed E-state index contributed by atoms with van der Waals surface area (Å²) in [6.45, 7) is 20.5. The molecular weight excluding hydrogens is 485 g/mol. The molecule has 0 spiro atoms. The maximum absolute atomic E-state index is 12.2. The second kappa shape index (κ2) is 12.6. The van der Waals surface area contributed by atoms with Gasteiger partial charge in [-0.25, -0.2) is 9.59 Å². The molecule has 0 unspecified atom stereocenters. The highest BCUT2D eigenvalue weighted by Crippen LogP contribution is 2.29. The molecule has 0 saturated heterocycles. The maximum Gasteiger partial charge on any atom is 0.385 e. The monoisotopic (exact) mass is 524 g/mol. The number of rotatable bonds is 12. The van der Waals surface area contributed by atoms with Crippen molar-refractivity contribution in [2.24, 2.45) is 0 Å². The Hall–Kier alpha value is -1.99. The largest absolute Gasteiger partial charge is 0.462 e. The molecule has 1 aromatic rings. The number of carbonyl (C=O) groups excluding carboxylic acids is 2. The minimum atomic E-state index is -2.79. The summed E-state index contributed by atoms with van der Waals surface area (Å²) in [5.74, 6) is -0.825. The van der Waals surface area contributed by atoms with E-state index in [1.54, 1.807) is 38.1 Å². The van der Waals surface area contributed by atoms with Crippen LogP contribution in [0.4, 0.5) is 0 Å². The lowest BCUT2D eigenvalue weighted by Crippen LogP contribution is -2.55. The Morgan fingerprint density at radius 3 is 1.59 bits per heavy atom. The Morgan fingerprint density at radius 1 is 0.794 bits per heavy atom. The number of allylic oxidation sites excluding steroid dienone is 1. The molecule has 0 atom stereocenters. The number of hydrogen-bond acceptors (Lipinski definition) is 7. The molecule has 0 saturated carbocycles. The van der Waals surface area contributed by atoms with Gasteiger partial charge in [0.2, 0.25) is 0 Å². The Labute approximate surface area is 207 Å². The molecular formula is C24H40O7Si3. The number of carbonyl (C=O) groups is 2. The lowest BCUT2D eigenvalue weighted by molar-refractivity contribution is -0.146. The summed E-state index contributed by atoms with van der Waals surface area (Å²) < 4.78 is 29.4. The highest BCUT2D eigenvalue weighted by Gasteiger charge is 2.45. The lowest BCUT2D eigenvalue weighted by Gasteiger charge is -2.39. The van der Waals surface area contributed by atoms with Gasteiger partial charge in [0, 0.05) is 0 Å². The van der Waals surface area contributed by atoms with Gasteiger partial charge in [-0.1, -0.05) is 12.1 Å². The zero-order valence-corrected chi connectivity index (χ0v) is 25.2. The summed E-state index contributed by atoms with van der Waals surface area (Å²) in [5.41, 5.74) is 0.487. The number of ether oxygens (including phenoxy) is 3. The summed E-state index contributed by atoms with van der Waals surface area (Å²) in [5, 5.41) is 0.708. The van der Waals surface area contributed by atoms with Crippen LogP contribution in [0.5, 0.6) is 5.75 Å². The molecule has 0 radical (unpaired) electrons. The number of esters is 2. The lowest BCUT2D eigenvalue weighted by atomic mass is 10.1. The third-order valence-corrected chi connectivity index (χ3v) is 13.4. The van der Waals surface area contributed by atoms with E-state index < -0.39 is 37.1 Å². The standard InChI is InChI=1S/C24H40O7Si3/c1-11-22(34(10,30-32(4,5)6)31-33(7,8)9)29-20-16-14-19(15-17-20)18-21(23(25)27-12-2)24(26)28-13-3/h11,14-18H,12-13H2,1-10H3. The molecule has 0 N–H and O–H groups in total. The van der Waals surface area contributed by atoms with Gasteiger partial charge in [-0.2, -0.15) is 0 Å². The third-order valence-electron chi connectivity index (χ3n) is 4.12. The molecule has 0 aromatic heterocycles. The zero-order valence-electron chi connectivity index (χ0n) is 22.2. The van der Waals surface area contributed by atoms with Crippen molar-refractivity contribution in [3.05, 3.63) is 46.9 Å². The Morgan fingerprint density at radius 2 is 1.24 bits per heavy atom. The second-order valence-electron chi connectivity index (χ2n) is 9.70. The first kappa shape index (κ1) is 30.0. The first-order valence-corrected chi connectivity index (χ1v) is 20.7. The Balaban J connectivity index is 3.23. The van der Waals surface area contributed by atoms with Crippen molar-refractivity contribution in [3.63, 3.8) is 0 Å². The van der Waals surface area contributed by atoms with Gasteiger partial charge < -0.3 is 22.4 Å². The normalized spacial score (nSPS) is 12.7. The quantitative estimate of drug-likeness (QED) is 0.0854. The Bertz CT molecular complexity index is 859. The van der Waals surface area contributed by atoms with Gasteiger partial charge >= 0.3 is 20.5 Å². The van der Waals surface area contributed by atoms with Crippen LogP contribution in [0.25, 0.3) is 6.08 Å². The van der Waals surface area contributed by atoms with Crippen LogP contribution >= 0.6 is 0 Å². The van der Waals surface area contributed by atoms with Crippen LogP contribution in [-0.4, -0.2) is 50.3 Å². The van der Waals surface area contributed by atoms with Crippen molar-refractivity contribution in [1.82, 2.24) is 0 Å². The molecule has 1 aromatic carbocycles. The molecule has 190 valence electrons. The highest BCUT2D eigenvalue weighted by atomic mass is 28.5. The molecule has 1 rings (SSSR count). The molecule has 0 fully saturated rings. The van der Waals surface area contributed by atoms with Crippen molar-refractivity contribution < 1.29 is 32.0 Å². The fraction of sp³-hybridized carbons (Fsp3) is 0.500. The van der Waals surface area contributed by atoms with Crippen LogP contribution in [-0.2, 0) is 27.3 Å². The predicted molar refractivity (Wildman–Crippen MR) is 143 cm³/mol. The average Bonchev–Trinajstić information content (AvgIpc) is 2.68. The van der Waals surface area contributed by atoms with E-state index in [4.69, 9.17) is 22.4 Å². The molecule has 0 aliphatic carbocycles. The van der Waals surface area contributed by atoms with E-state index in [0.29, 0.717) is 16.7 Å². The van der Waals surface area contributed by atoms with E-state index >= 15 is 0 Å². The number of benzene rings is 1. The predicted octanol–water partition coefficient (Wildman–Crippen LogP) is 5.79. The van der Waals surface area contributed by atoms with Gasteiger partial charge in [0.25, 0.3) is 0 Å². The van der Waals surface area contributed by atoms with E-state index in [9.17, 15) is 9.59 Å². The fourth-order valence-corrected chi connectivity index (χ4v) is 14.8. The molecule has 0 aliphatic heterocycles. The van der Waals surface area contributed by atoms with Crippen LogP contribution in [0.1, 0.15) is 26.3 Å². The molecule has 7 nitrogen and oxygen atoms in total. The molecule has 0 aliphatic rings. The zero-order chi connectivity index (χ0) is 26.2. The smallest absolute Gasteiger partial charge is 0.385 e. The van der Waals surface area contributed by atoms with Gasteiger partial charge in [-0.15, -0.1) is 0 Å². The van der Waals surface area contributed by atoms with Crippen LogP contribution in [0, 0.1) is 0 Å². The minimum Gasteiger partial charge on any atom is -0.462 e. The van der Waals surface area contributed by atoms with Gasteiger partial charge in [-0.05, 0) is 96.4 Å². The second-order valence-corrected chi connectivity index (χ2v) is 22.2. The van der Waals surface area contributed by atoms with E-state index in [0.717, 1.165) is 0 Å². The first-order valence-electron chi connectivity index (χ1n) is 11.5.